The van der Waals surface area contributed by atoms with Gasteiger partial charge in [-0.2, -0.15) is 5.10 Å². The Morgan fingerprint density at radius 3 is 2.81 bits per heavy atom. The molecule has 0 radical (unpaired) electrons. The molecule has 0 aliphatic carbocycles. The standard InChI is InChI=1S/C14H24N4O3/c1-2-3-11(6-7-15)4-5-13(19)17-12-8-16-18(9-12)10-14(20)21/h8-9,11H,2-7,10,15H2,1H3,(H,17,19)(H,20,21). The van der Waals surface area contributed by atoms with Crippen LogP contribution in [-0.4, -0.2) is 33.3 Å². The normalized spacial score (nSPS) is 12.1. The van der Waals surface area contributed by atoms with E-state index in [0.29, 0.717) is 24.6 Å². The van der Waals surface area contributed by atoms with Crippen LogP contribution >= 0.6 is 0 Å². The fourth-order valence-electron chi connectivity index (χ4n) is 2.29. The average molecular weight is 296 g/mol. The number of anilines is 1. The van der Waals surface area contributed by atoms with Crippen molar-refractivity contribution in [3.8, 4) is 0 Å². The van der Waals surface area contributed by atoms with Crippen molar-refractivity contribution in [2.24, 2.45) is 11.7 Å². The SMILES string of the molecule is CCCC(CCN)CCC(=O)Nc1cnn(CC(=O)O)c1. The van der Waals surface area contributed by atoms with Crippen molar-refractivity contribution in [1.82, 2.24) is 9.78 Å². The molecule has 0 aliphatic rings. The second-order valence-electron chi connectivity index (χ2n) is 5.14. The third-order valence-corrected chi connectivity index (χ3v) is 3.27. The van der Waals surface area contributed by atoms with Crippen LogP contribution in [0.5, 0.6) is 0 Å². The van der Waals surface area contributed by atoms with Crippen molar-refractivity contribution >= 4 is 17.6 Å². The number of aromatic nitrogens is 2. The number of hydrogen-bond acceptors (Lipinski definition) is 4. The highest BCUT2D eigenvalue weighted by atomic mass is 16.4. The van der Waals surface area contributed by atoms with Gasteiger partial charge in [0, 0.05) is 12.6 Å². The molecule has 7 heteroatoms. The number of nitrogens with zero attached hydrogens (tertiary/aromatic N) is 2. The summed E-state index contributed by atoms with van der Waals surface area (Å²) in [6.07, 6.45) is 7.33. The Balaban J connectivity index is 2.38. The number of nitrogens with one attached hydrogen (secondary N) is 1. The van der Waals surface area contributed by atoms with E-state index in [1.807, 2.05) is 0 Å². The summed E-state index contributed by atoms with van der Waals surface area (Å²) in [4.78, 5) is 22.4. The number of carboxylic acids is 1. The summed E-state index contributed by atoms with van der Waals surface area (Å²) in [7, 11) is 0. The largest absolute Gasteiger partial charge is 0.480 e. The first-order valence-electron chi connectivity index (χ1n) is 7.29. The van der Waals surface area contributed by atoms with Gasteiger partial charge < -0.3 is 16.2 Å². The van der Waals surface area contributed by atoms with Crippen molar-refractivity contribution in [3.05, 3.63) is 12.4 Å². The van der Waals surface area contributed by atoms with Crippen molar-refractivity contribution < 1.29 is 14.7 Å². The van der Waals surface area contributed by atoms with Crippen molar-refractivity contribution in [1.29, 1.82) is 0 Å². The molecule has 7 nitrogen and oxygen atoms in total. The van der Waals surface area contributed by atoms with Gasteiger partial charge in [-0.3, -0.25) is 14.3 Å². The molecule has 1 rings (SSSR count). The van der Waals surface area contributed by atoms with Gasteiger partial charge in [-0.15, -0.1) is 0 Å². The third-order valence-electron chi connectivity index (χ3n) is 3.27. The zero-order chi connectivity index (χ0) is 15.7. The summed E-state index contributed by atoms with van der Waals surface area (Å²) in [5.74, 6) is -0.566. The summed E-state index contributed by atoms with van der Waals surface area (Å²) in [6.45, 7) is 2.56. The highest BCUT2D eigenvalue weighted by Gasteiger charge is 2.11. The molecule has 1 aromatic rings. The predicted octanol–water partition coefficient (Wildman–Crippen LogP) is 1.45. The molecule has 0 fully saturated rings. The molecule has 118 valence electrons. The summed E-state index contributed by atoms with van der Waals surface area (Å²) >= 11 is 0. The van der Waals surface area contributed by atoms with Crippen LogP contribution in [0.3, 0.4) is 0 Å². The van der Waals surface area contributed by atoms with Crippen LogP contribution in [0, 0.1) is 5.92 Å². The lowest BCUT2D eigenvalue weighted by Crippen LogP contribution is -2.15. The minimum absolute atomic E-state index is 0.0806. The first kappa shape index (κ1) is 17.2. The molecule has 0 spiro atoms. The molecule has 0 aromatic carbocycles. The fraction of sp³-hybridized carbons (Fsp3) is 0.643. The number of carbonyl (C=O) groups excluding carboxylic acids is 1. The van der Waals surface area contributed by atoms with E-state index in [9.17, 15) is 9.59 Å². The molecule has 21 heavy (non-hydrogen) atoms. The van der Waals surface area contributed by atoms with Gasteiger partial charge in [-0.25, -0.2) is 0 Å². The Bertz CT molecular complexity index is 453. The zero-order valence-corrected chi connectivity index (χ0v) is 12.4. The number of nitrogens with two attached hydrogens (primary N) is 1. The van der Waals surface area contributed by atoms with Crippen LogP contribution in [0.2, 0.25) is 0 Å². The zero-order valence-electron chi connectivity index (χ0n) is 12.4. The van der Waals surface area contributed by atoms with Crippen LogP contribution in [0.15, 0.2) is 12.4 Å². The fourth-order valence-corrected chi connectivity index (χ4v) is 2.29. The number of aliphatic carboxylic acids is 1. The molecule has 1 atom stereocenters. The summed E-state index contributed by atoms with van der Waals surface area (Å²) in [5, 5.41) is 15.2. The quantitative estimate of drug-likeness (QED) is 0.605. The van der Waals surface area contributed by atoms with Gasteiger partial charge in [0.15, 0.2) is 0 Å². The Morgan fingerprint density at radius 1 is 1.43 bits per heavy atom. The first-order valence-corrected chi connectivity index (χ1v) is 7.29. The van der Waals surface area contributed by atoms with Gasteiger partial charge in [-0.05, 0) is 25.3 Å². The highest BCUT2D eigenvalue weighted by molar-refractivity contribution is 5.90. The Hall–Kier alpha value is -1.89. The molecule has 1 aromatic heterocycles. The Labute approximate surface area is 124 Å². The molecule has 1 heterocycles. The predicted molar refractivity (Wildman–Crippen MR) is 79.8 cm³/mol. The molecular formula is C14H24N4O3. The molecule has 0 saturated heterocycles. The number of rotatable bonds is 10. The topological polar surface area (TPSA) is 110 Å². The van der Waals surface area contributed by atoms with E-state index < -0.39 is 5.97 Å². The average Bonchev–Trinajstić information content (AvgIpc) is 2.83. The van der Waals surface area contributed by atoms with E-state index in [4.69, 9.17) is 10.8 Å². The minimum atomic E-state index is -0.972. The number of amides is 1. The van der Waals surface area contributed by atoms with E-state index in [2.05, 4.69) is 17.3 Å². The maximum atomic E-state index is 11.9. The van der Waals surface area contributed by atoms with Crippen LogP contribution < -0.4 is 11.1 Å². The number of hydrogen-bond donors (Lipinski definition) is 3. The van der Waals surface area contributed by atoms with E-state index >= 15 is 0 Å². The van der Waals surface area contributed by atoms with Gasteiger partial charge in [0.25, 0.3) is 0 Å². The van der Waals surface area contributed by atoms with Crippen molar-refractivity contribution in [3.63, 3.8) is 0 Å². The number of carboxylic acid groups (broad SMARTS) is 1. The van der Waals surface area contributed by atoms with Gasteiger partial charge in [0.1, 0.15) is 6.54 Å². The second kappa shape index (κ2) is 9.12. The summed E-state index contributed by atoms with van der Waals surface area (Å²) in [6, 6.07) is 0. The van der Waals surface area contributed by atoms with Gasteiger partial charge in [-0.1, -0.05) is 19.8 Å². The summed E-state index contributed by atoms with van der Waals surface area (Å²) in [5.41, 5.74) is 6.09. The molecule has 4 N–H and O–H groups in total. The van der Waals surface area contributed by atoms with Gasteiger partial charge in [0.05, 0.1) is 11.9 Å². The molecule has 1 unspecified atom stereocenters. The van der Waals surface area contributed by atoms with E-state index in [1.54, 1.807) is 0 Å². The lowest BCUT2D eigenvalue weighted by molar-refractivity contribution is -0.137. The molecule has 0 aliphatic heterocycles. The maximum absolute atomic E-state index is 11.9. The van der Waals surface area contributed by atoms with Crippen LogP contribution in [0.1, 0.15) is 39.0 Å². The van der Waals surface area contributed by atoms with E-state index in [-0.39, 0.29) is 12.5 Å². The molecule has 0 bridgehead atoms. The van der Waals surface area contributed by atoms with Gasteiger partial charge in [0.2, 0.25) is 5.91 Å². The smallest absolute Gasteiger partial charge is 0.325 e. The first-order chi connectivity index (χ1) is 10.0. The van der Waals surface area contributed by atoms with Crippen molar-refractivity contribution in [2.45, 2.75) is 45.6 Å². The molecular weight excluding hydrogens is 272 g/mol. The third kappa shape index (κ3) is 6.89. The van der Waals surface area contributed by atoms with E-state index in [0.717, 1.165) is 25.7 Å². The highest BCUT2D eigenvalue weighted by Crippen LogP contribution is 2.17. The maximum Gasteiger partial charge on any atom is 0.325 e. The summed E-state index contributed by atoms with van der Waals surface area (Å²) < 4.78 is 1.27. The lowest BCUT2D eigenvalue weighted by atomic mass is 9.94. The van der Waals surface area contributed by atoms with Crippen LogP contribution in [0.25, 0.3) is 0 Å². The monoisotopic (exact) mass is 296 g/mol. The van der Waals surface area contributed by atoms with Gasteiger partial charge >= 0.3 is 5.97 Å². The van der Waals surface area contributed by atoms with Crippen LogP contribution in [-0.2, 0) is 16.1 Å². The minimum Gasteiger partial charge on any atom is -0.480 e. The Kier molecular flexibility index (Phi) is 7.45. The van der Waals surface area contributed by atoms with E-state index in [1.165, 1.54) is 17.1 Å². The van der Waals surface area contributed by atoms with Crippen molar-refractivity contribution in [2.75, 3.05) is 11.9 Å². The second-order valence-corrected chi connectivity index (χ2v) is 5.14. The Morgan fingerprint density at radius 2 is 2.19 bits per heavy atom. The number of carbonyl (C=O) groups is 2. The molecule has 1 amide bonds. The lowest BCUT2D eigenvalue weighted by Gasteiger charge is -2.14. The van der Waals surface area contributed by atoms with Crippen LogP contribution in [0.4, 0.5) is 5.69 Å². The molecule has 0 saturated carbocycles.